The SMILES string of the molecule is COc1ccc(-c2[nH]ncc2C(=O)NC(C)c2ccc(F)cc2F)cc1. The highest BCUT2D eigenvalue weighted by atomic mass is 19.1. The number of halogens is 2. The summed E-state index contributed by atoms with van der Waals surface area (Å²) in [6.07, 6.45) is 1.41. The van der Waals surface area contributed by atoms with Crippen LogP contribution in [0.5, 0.6) is 5.75 Å². The summed E-state index contributed by atoms with van der Waals surface area (Å²) >= 11 is 0. The Labute approximate surface area is 149 Å². The smallest absolute Gasteiger partial charge is 0.255 e. The summed E-state index contributed by atoms with van der Waals surface area (Å²) in [6, 6.07) is 9.76. The predicted octanol–water partition coefficient (Wildman–Crippen LogP) is 3.85. The molecule has 7 heteroatoms. The number of carbonyl (C=O) groups excluding carboxylic acids is 1. The first-order chi connectivity index (χ1) is 12.5. The Kier molecular flexibility index (Phi) is 4.97. The van der Waals surface area contributed by atoms with E-state index in [2.05, 4.69) is 15.5 Å². The van der Waals surface area contributed by atoms with Gasteiger partial charge in [0.25, 0.3) is 5.91 Å². The summed E-state index contributed by atoms with van der Waals surface area (Å²) in [4.78, 5) is 12.6. The lowest BCUT2D eigenvalue weighted by Crippen LogP contribution is -2.27. The average Bonchev–Trinajstić information content (AvgIpc) is 3.11. The number of hydrogen-bond donors (Lipinski definition) is 2. The van der Waals surface area contributed by atoms with E-state index in [0.717, 1.165) is 17.7 Å². The van der Waals surface area contributed by atoms with Crippen LogP contribution in [0.25, 0.3) is 11.3 Å². The van der Waals surface area contributed by atoms with Crippen molar-refractivity contribution in [3.63, 3.8) is 0 Å². The second-order valence-electron chi connectivity index (χ2n) is 5.75. The van der Waals surface area contributed by atoms with Crippen LogP contribution in [0.1, 0.15) is 28.9 Å². The lowest BCUT2D eigenvalue weighted by molar-refractivity contribution is 0.0940. The maximum absolute atomic E-state index is 13.9. The van der Waals surface area contributed by atoms with Crippen molar-refractivity contribution in [3.05, 3.63) is 71.4 Å². The molecule has 0 saturated carbocycles. The molecule has 0 aliphatic carbocycles. The number of aromatic amines is 1. The molecule has 1 heterocycles. The highest BCUT2D eigenvalue weighted by molar-refractivity contribution is 5.99. The van der Waals surface area contributed by atoms with E-state index >= 15 is 0 Å². The first-order valence-electron chi connectivity index (χ1n) is 7.93. The molecule has 2 aromatic carbocycles. The Morgan fingerprint density at radius 3 is 2.58 bits per heavy atom. The molecule has 26 heavy (non-hydrogen) atoms. The number of methoxy groups -OCH3 is 1. The fourth-order valence-electron chi connectivity index (χ4n) is 2.64. The fourth-order valence-corrected chi connectivity index (χ4v) is 2.64. The largest absolute Gasteiger partial charge is 0.497 e. The maximum Gasteiger partial charge on any atom is 0.255 e. The van der Waals surface area contributed by atoms with E-state index in [0.29, 0.717) is 17.0 Å². The molecule has 134 valence electrons. The number of nitrogens with one attached hydrogen (secondary N) is 2. The number of hydrogen-bond acceptors (Lipinski definition) is 3. The number of carbonyl (C=O) groups is 1. The summed E-state index contributed by atoms with van der Waals surface area (Å²) in [5, 5.41) is 9.43. The quantitative estimate of drug-likeness (QED) is 0.729. The molecule has 0 aliphatic heterocycles. The van der Waals surface area contributed by atoms with Crippen molar-refractivity contribution >= 4 is 5.91 Å². The van der Waals surface area contributed by atoms with E-state index < -0.39 is 23.6 Å². The predicted molar refractivity (Wildman–Crippen MR) is 92.8 cm³/mol. The Hall–Kier alpha value is -3.22. The molecule has 5 nitrogen and oxygen atoms in total. The van der Waals surface area contributed by atoms with Gasteiger partial charge in [0, 0.05) is 17.2 Å². The highest BCUT2D eigenvalue weighted by Crippen LogP contribution is 2.25. The van der Waals surface area contributed by atoms with Gasteiger partial charge in [-0.15, -0.1) is 0 Å². The number of aromatic nitrogens is 2. The minimum absolute atomic E-state index is 0.203. The highest BCUT2D eigenvalue weighted by Gasteiger charge is 2.19. The van der Waals surface area contributed by atoms with Crippen LogP contribution in [0, 0.1) is 11.6 Å². The normalized spacial score (nSPS) is 11.8. The minimum atomic E-state index is -0.708. The van der Waals surface area contributed by atoms with Crippen molar-refractivity contribution in [2.24, 2.45) is 0 Å². The third kappa shape index (κ3) is 3.56. The van der Waals surface area contributed by atoms with E-state index in [-0.39, 0.29) is 5.56 Å². The van der Waals surface area contributed by atoms with Crippen LogP contribution < -0.4 is 10.1 Å². The van der Waals surface area contributed by atoms with Gasteiger partial charge in [-0.25, -0.2) is 8.78 Å². The Morgan fingerprint density at radius 1 is 1.19 bits per heavy atom. The molecule has 0 radical (unpaired) electrons. The molecule has 1 amide bonds. The number of H-pyrrole nitrogens is 1. The zero-order valence-electron chi connectivity index (χ0n) is 14.2. The first kappa shape index (κ1) is 17.6. The van der Waals surface area contributed by atoms with Crippen LogP contribution in [0.2, 0.25) is 0 Å². The zero-order chi connectivity index (χ0) is 18.7. The number of rotatable bonds is 5. The summed E-state index contributed by atoms with van der Waals surface area (Å²) in [5.74, 6) is -1.10. The van der Waals surface area contributed by atoms with Crippen LogP contribution >= 0.6 is 0 Å². The van der Waals surface area contributed by atoms with E-state index in [1.165, 1.54) is 12.3 Å². The molecule has 1 aromatic heterocycles. The molecular weight excluding hydrogens is 340 g/mol. The summed E-state index contributed by atoms with van der Waals surface area (Å²) in [5.41, 5.74) is 1.82. The second-order valence-corrected chi connectivity index (χ2v) is 5.75. The van der Waals surface area contributed by atoms with Gasteiger partial charge >= 0.3 is 0 Å². The standard InChI is InChI=1S/C19H17F2N3O2/c1-11(15-8-5-13(20)9-17(15)21)23-19(25)16-10-22-24-18(16)12-3-6-14(26-2)7-4-12/h3-11H,1-2H3,(H,22,24)(H,23,25). The van der Waals surface area contributed by atoms with Crippen molar-refractivity contribution < 1.29 is 18.3 Å². The van der Waals surface area contributed by atoms with E-state index in [1.54, 1.807) is 38.3 Å². The molecule has 0 bridgehead atoms. The molecule has 0 fully saturated rings. The van der Waals surface area contributed by atoms with Crippen molar-refractivity contribution in [3.8, 4) is 17.0 Å². The van der Waals surface area contributed by atoms with Crippen molar-refractivity contribution in [2.75, 3.05) is 7.11 Å². The van der Waals surface area contributed by atoms with E-state index in [1.807, 2.05) is 0 Å². The van der Waals surface area contributed by atoms with Crippen LogP contribution in [-0.4, -0.2) is 23.2 Å². The van der Waals surface area contributed by atoms with Gasteiger partial charge in [-0.2, -0.15) is 5.10 Å². The molecule has 2 N–H and O–H groups in total. The van der Waals surface area contributed by atoms with Crippen molar-refractivity contribution in [2.45, 2.75) is 13.0 Å². The van der Waals surface area contributed by atoms with Crippen molar-refractivity contribution in [1.82, 2.24) is 15.5 Å². The molecule has 0 spiro atoms. The molecule has 1 unspecified atom stereocenters. The second kappa shape index (κ2) is 7.35. The Bertz CT molecular complexity index is 923. The third-order valence-electron chi connectivity index (χ3n) is 4.04. The Morgan fingerprint density at radius 2 is 1.92 bits per heavy atom. The zero-order valence-corrected chi connectivity index (χ0v) is 14.2. The number of nitrogens with zero attached hydrogens (tertiary/aromatic N) is 1. The van der Waals surface area contributed by atoms with Crippen LogP contribution in [0.3, 0.4) is 0 Å². The van der Waals surface area contributed by atoms with Gasteiger partial charge in [-0.05, 0) is 37.3 Å². The van der Waals surface area contributed by atoms with Crippen LogP contribution in [0.15, 0.2) is 48.7 Å². The average molecular weight is 357 g/mol. The monoisotopic (exact) mass is 357 g/mol. The molecular formula is C19H17F2N3O2. The maximum atomic E-state index is 13.9. The number of ether oxygens (including phenoxy) is 1. The lowest BCUT2D eigenvalue weighted by Gasteiger charge is -2.15. The number of amides is 1. The van der Waals surface area contributed by atoms with Gasteiger partial charge in [-0.3, -0.25) is 9.89 Å². The van der Waals surface area contributed by atoms with Gasteiger partial charge in [0.05, 0.1) is 30.6 Å². The van der Waals surface area contributed by atoms with Crippen molar-refractivity contribution in [1.29, 1.82) is 0 Å². The first-order valence-corrected chi connectivity index (χ1v) is 7.93. The van der Waals surface area contributed by atoms with E-state index in [4.69, 9.17) is 4.74 Å². The summed E-state index contributed by atoms with van der Waals surface area (Å²) < 4.78 is 32.0. The van der Waals surface area contributed by atoms with Gasteiger partial charge in [0.15, 0.2) is 0 Å². The van der Waals surface area contributed by atoms with Gasteiger partial charge in [-0.1, -0.05) is 6.07 Å². The molecule has 0 aliphatic rings. The third-order valence-corrected chi connectivity index (χ3v) is 4.04. The summed E-state index contributed by atoms with van der Waals surface area (Å²) in [7, 11) is 1.57. The molecule has 0 saturated heterocycles. The van der Waals surface area contributed by atoms with E-state index in [9.17, 15) is 13.6 Å². The topological polar surface area (TPSA) is 67.0 Å². The summed E-state index contributed by atoms with van der Waals surface area (Å²) in [6.45, 7) is 1.63. The lowest BCUT2D eigenvalue weighted by atomic mass is 10.1. The molecule has 3 rings (SSSR count). The number of benzene rings is 2. The molecule has 3 aromatic rings. The molecule has 1 atom stereocenters. The minimum Gasteiger partial charge on any atom is -0.497 e. The fraction of sp³-hybridized carbons (Fsp3) is 0.158. The van der Waals surface area contributed by atoms with Gasteiger partial charge in [0.1, 0.15) is 17.4 Å². The van der Waals surface area contributed by atoms with Gasteiger partial charge in [0.2, 0.25) is 0 Å². The Balaban J connectivity index is 1.81. The van der Waals surface area contributed by atoms with Crippen LogP contribution in [0.4, 0.5) is 8.78 Å². The van der Waals surface area contributed by atoms with Gasteiger partial charge < -0.3 is 10.1 Å². The van der Waals surface area contributed by atoms with Crippen LogP contribution in [-0.2, 0) is 0 Å².